The van der Waals surface area contributed by atoms with E-state index in [0.717, 1.165) is 0 Å². The Morgan fingerprint density at radius 2 is 2.14 bits per heavy atom. The molecule has 1 heterocycles. The number of hydrogen-bond acceptors (Lipinski definition) is 4. The smallest absolute Gasteiger partial charge is 0.379 e. The molecule has 3 N–H and O–H groups in total. The Morgan fingerprint density at radius 1 is 1.45 bits per heavy atom. The summed E-state index contributed by atoms with van der Waals surface area (Å²) in [6.45, 7) is 1.46. The van der Waals surface area contributed by atoms with E-state index < -0.39 is 29.2 Å². The lowest BCUT2D eigenvalue weighted by Crippen LogP contribution is -2.44. The van der Waals surface area contributed by atoms with Crippen molar-refractivity contribution in [1.29, 1.82) is 0 Å². The summed E-state index contributed by atoms with van der Waals surface area (Å²) < 4.78 is 51.8. The highest BCUT2D eigenvalue weighted by Gasteiger charge is 2.51. The number of alkyl halides is 3. The Morgan fingerprint density at radius 3 is 2.77 bits per heavy atom. The molecule has 1 aliphatic heterocycles. The van der Waals surface area contributed by atoms with E-state index in [0.29, 0.717) is 22.9 Å². The quantitative estimate of drug-likeness (QED) is 0.832. The Kier molecular flexibility index (Phi) is 4.64. The summed E-state index contributed by atoms with van der Waals surface area (Å²) in [6.07, 6.45) is -4.65. The van der Waals surface area contributed by atoms with Gasteiger partial charge in [0.15, 0.2) is 11.2 Å². The van der Waals surface area contributed by atoms with Crippen LogP contribution in [-0.2, 0) is 11.3 Å². The number of amides is 1. The zero-order valence-electron chi connectivity index (χ0n) is 11.4. The molecule has 2 unspecified atom stereocenters. The molecule has 2 rings (SSSR count). The van der Waals surface area contributed by atoms with Crippen molar-refractivity contribution in [2.75, 3.05) is 0 Å². The monoisotopic (exact) mass is 335 g/mol. The Labute approximate surface area is 128 Å². The lowest BCUT2D eigenvalue weighted by atomic mass is 10.1. The summed E-state index contributed by atoms with van der Waals surface area (Å²) in [6, 6.07) is 2.16. The summed E-state index contributed by atoms with van der Waals surface area (Å²) in [5.41, 5.74) is 6.12. The van der Waals surface area contributed by atoms with Gasteiger partial charge in [0, 0.05) is 6.54 Å². The molecule has 4 nitrogen and oxygen atoms in total. The van der Waals surface area contributed by atoms with E-state index >= 15 is 0 Å². The molecule has 0 saturated heterocycles. The highest BCUT2D eigenvalue weighted by atomic mass is 32.2. The molecule has 0 aromatic heterocycles. The minimum atomic E-state index is -4.65. The van der Waals surface area contributed by atoms with Gasteiger partial charge < -0.3 is 11.1 Å². The maximum atomic E-state index is 13.4. The minimum Gasteiger partial charge on any atom is -0.379 e. The molecule has 1 aromatic carbocycles. The number of nitrogens with two attached hydrogens (primary N) is 1. The first-order valence-corrected chi connectivity index (χ1v) is 7.16. The van der Waals surface area contributed by atoms with Crippen LogP contribution in [0.2, 0.25) is 0 Å². The zero-order valence-corrected chi connectivity index (χ0v) is 12.3. The van der Waals surface area contributed by atoms with Crippen LogP contribution in [0.25, 0.3) is 0 Å². The standard InChI is InChI=1S/C13H13F4N3OS/c1-6-7(3-2-4-8(6)14)5-19-11(21)9-10(13(15,16)17)20-12(18)22-9/h2-4,9-10H,5H2,1H3,(H2,18,20)(H,19,21). The Bertz CT molecular complexity index is 618. The van der Waals surface area contributed by atoms with Crippen LogP contribution in [0.3, 0.4) is 0 Å². The fraction of sp³-hybridized carbons (Fsp3) is 0.385. The van der Waals surface area contributed by atoms with E-state index in [1.54, 1.807) is 6.07 Å². The van der Waals surface area contributed by atoms with Gasteiger partial charge in [-0.1, -0.05) is 23.9 Å². The molecular formula is C13H13F4N3OS. The van der Waals surface area contributed by atoms with Crippen LogP contribution in [0.1, 0.15) is 11.1 Å². The first kappa shape index (κ1) is 16.6. The van der Waals surface area contributed by atoms with Gasteiger partial charge in [-0.05, 0) is 24.1 Å². The van der Waals surface area contributed by atoms with Gasteiger partial charge in [0.25, 0.3) is 0 Å². The molecule has 1 amide bonds. The molecule has 1 aliphatic rings. The summed E-state index contributed by atoms with van der Waals surface area (Å²) in [4.78, 5) is 15.2. The van der Waals surface area contributed by atoms with E-state index in [9.17, 15) is 22.4 Å². The maximum Gasteiger partial charge on any atom is 0.412 e. The van der Waals surface area contributed by atoms with Crippen molar-refractivity contribution < 1.29 is 22.4 Å². The number of halogens is 4. The van der Waals surface area contributed by atoms with Crippen molar-refractivity contribution in [2.45, 2.75) is 30.9 Å². The SMILES string of the molecule is Cc1c(F)cccc1CNC(=O)C1SC(N)=NC1C(F)(F)F. The van der Waals surface area contributed by atoms with Crippen LogP contribution in [0.5, 0.6) is 0 Å². The van der Waals surface area contributed by atoms with E-state index in [1.165, 1.54) is 19.1 Å². The van der Waals surface area contributed by atoms with E-state index in [1.807, 2.05) is 0 Å². The highest BCUT2D eigenvalue weighted by molar-refractivity contribution is 8.15. The number of nitrogens with one attached hydrogen (secondary N) is 1. The van der Waals surface area contributed by atoms with Crippen molar-refractivity contribution in [3.63, 3.8) is 0 Å². The van der Waals surface area contributed by atoms with Gasteiger partial charge in [0.05, 0.1) is 0 Å². The number of aliphatic imine (C=N–C) groups is 1. The predicted molar refractivity (Wildman–Crippen MR) is 75.8 cm³/mol. The fourth-order valence-corrected chi connectivity index (χ4v) is 2.97. The van der Waals surface area contributed by atoms with Crippen molar-refractivity contribution >= 4 is 22.8 Å². The number of carbonyl (C=O) groups excluding carboxylic acids is 1. The maximum absolute atomic E-state index is 13.4. The van der Waals surface area contributed by atoms with Crippen LogP contribution in [0.4, 0.5) is 17.6 Å². The average molecular weight is 335 g/mol. The third-order valence-corrected chi connectivity index (χ3v) is 4.30. The first-order chi connectivity index (χ1) is 10.2. The summed E-state index contributed by atoms with van der Waals surface area (Å²) in [7, 11) is 0. The molecule has 0 bridgehead atoms. The molecule has 1 aromatic rings. The molecular weight excluding hydrogens is 322 g/mol. The van der Waals surface area contributed by atoms with Crippen LogP contribution in [0.15, 0.2) is 23.2 Å². The third-order valence-electron chi connectivity index (χ3n) is 3.23. The molecule has 2 atom stereocenters. The molecule has 0 fully saturated rings. The molecule has 22 heavy (non-hydrogen) atoms. The second kappa shape index (κ2) is 6.15. The average Bonchev–Trinajstić information content (AvgIpc) is 2.82. The zero-order chi connectivity index (χ0) is 16.5. The lowest BCUT2D eigenvalue weighted by molar-refractivity contribution is -0.151. The Balaban J connectivity index is 2.05. The Hall–Kier alpha value is -1.77. The normalized spacial score (nSPS) is 21.6. The second-order valence-corrected chi connectivity index (χ2v) is 5.90. The molecule has 120 valence electrons. The van der Waals surface area contributed by atoms with Gasteiger partial charge in [-0.25, -0.2) is 9.38 Å². The molecule has 0 spiro atoms. The van der Waals surface area contributed by atoms with Gasteiger partial charge >= 0.3 is 6.18 Å². The highest BCUT2D eigenvalue weighted by Crippen LogP contribution is 2.36. The topological polar surface area (TPSA) is 67.5 Å². The largest absolute Gasteiger partial charge is 0.412 e. The first-order valence-electron chi connectivity index (χ1n) is 6.28. The number of rotatable bonds is 3. The molecule has 9 heteroatoms. The van der Waals surface area contributed by atoms with E-state index in [4.69, 9.17) is 5.73 Å². The molecule has 0 radical (unpaired) electrons. The van der Waals surface area contributed by atoms with Gasteiger partial charge in [0.2, 0.25) is 5.91 Å². The van der Waals surface area contributed by atoms with Crippen molar-refractivity contribution in [1.82, 2.24) is 5.32 Å². The fourth-order valence-electron chi connectivity index (χ4n) is 2.00. The lowest BCUT2D eigenvalue weighted by Gasteiger charge is -2.19. The number of thioether (sulfide) groups is 1. The number of nitrogens with zero attached hydrogens (tertiary/aromatic N) is 1. The van der Waals surface area contributed by atoms with Gasteiger partial charge in [-0.15, -0.1) is 0 Å². The van der Waals surface area contributed by atoms with Crippen LogP contribution >= 0.6 is 11.8 Å². The van der Waals surface area contributed by atoms with Gasteiger partial charge in [0.1, 0.15) is 11.1 Å². The number of carbonyl (C=O) groups is 1. The molecule has 0 saturated carbocycles. The predicted octanol–water partition coefficient (Wildman–Crippen LogP) is 2.11. The van der Waals surface area contributed by atoms with Crippen LogP contribution < -0.4 is 11.1 Å². The summed E-state index contributed by atoms with van der Waals surface area (Å²) in [5.74, 6) is -1.28. The third kappa shape index (κ3) is 3.52. The van der Waals surface area contributed by atoms with E-state index in [-0.39, 0.29) is 11.7 Å². The van der Waals surface area contributed by atoms with Gasteiger partial charge in [-0.2, -0.15) is 13.2 Å². The second-order valence-electron chi connectivity index (χ2n) is 4.73. The number of benzene rings is 1. The van der Waals surface area contributed by atoms with Crippen molar-refractivity contribution in [2.24, 2.45) is 10.7 Å². The molecule has 0 aliphatic carbocycles. The van der Waals surface area contributed by atoms with Crippen LogP contribution in [0, 0.1) is 12.7 Å². The number of hydrogen-bond donors (Lipinski definition) is 2. The summed E-state index contributed by atoms with van der Waals surface area (Å²) >= 11 is 0.573. The van der Waals surface area contributed by atoms with Crippen molar-refractivity contribution in [3.8, 4) is 0 Å². The van der Waals surface area contributed by atoms with Crippen molar-refractivity contribution in [3.05, 3.63) is 35.1 Å². The minimum absolute atomic E-state index is 0.0655. The van der Waals surface area contributed by atoms with Gasteiger partial charge in [-0.3, -0.25) is 4.79 Å². The summed E-state index contributed by atoms with van der Waals surface area (Å²) in [5, 5.41) is 0.639. The van der Waals surface area contributed by atoms with Crippen LogP contribution in [-0.4, -0.2) is 28.5 Å². The van der Waals surface area contributed by atoms with E-state index in [2.05, 4.69) is 10.3 Å². The number of amidine groups is 1.